The maximum Gasteiger partial charge on any atom is 0.0918 e. The molecule has 7 heteroatoms. The third-order valence-electron chi connectivity index (χ3n) is 5.17. The Morgan fingerprint density at radius 1 is 1.28 bits per heavy atom. The molecule has 148 valence electrons. The van der Waals surface area contributed by atoms with Crippen LogP contribution in [0.5, 0.6) is 0 Å². The zero-order valence-electron chi connectivity index (χ0n) is 16.4. The van der Waals surface area contributed by atoms with Crippen molar-refractivity contribution in [1.29, 1.82) is 5.41 Å². The van der Waals surface area contributed by atoms with Gasteiger partial charge in [-0.2, -0.15) is 0 Å². The van der Waals surface area contributed by atoms with Crippen LogP contribution >= 0.6 is 11.6 Å². The molecule has 0 fully saturated rings. The Bertz CT molecular complexity index is 1080. The van der Waals surface area contributed by atoms with Gasteiger partial charge in [0.25, 0.3) is 0 Å². The summed E-state index contributed by atoms with van der Waals surface area (Å²) in [5, 5.41) is 23.8. The van der Waals surface area contributed by atoms with Crippen LogP contribution in [0.25, 0.3) is 16.8 Å². The van der Waals surface area contributed by atoms with Crippen LogP contribution in [-0.4, -0.2) is 28.3 Å². The molecule has 0 amide bonds. The fourth-order valence-electron chi connectivity index (χ4n) is 3.84. The van der Waals surface area contributed by atoms with Gasteiger partial charge in [-0.1, -0.05) is 35.0 Å². The second-order valence-electron chi connectivity index (χ2n) is 7.08. The number of nitrogens with zero attached hydrogens (tertiary/aromatic N) is 3. The summed E-state index contributed by atoms with van der Waals surface area (Å²) in [5.41, 5.74) is 7.04. The summed E-state index contributed by atoms with van der Waals surface area (Å²) in [5.74, 6) is 0. The molecule has 3 aromatic rings. The number of rotatable bonds is 5. The minimum atomic E-state index is 0.0751. The summed E-state index contributed by atoms with van der Waals surface area (Å²) in [6.07, 6.45) is 4.06. The summed E-state index contributed by atoms with van der Waals surface area (Å²) >= 11 is 6.19. The summed E-state index contributed by atoms with van der Waals surface area (Å²) in [4.78, 5) is 0. The Hall–Kier alpha value is -3.12. The molecule has 4 rings (SSSR count). The first-order valence-electron chi connectivity index (χ1n) is 9.55. The number of nitrogens with one attached hydrogen (secondary N) is 3. The van der Waals surface area contributed by atoms with Crippen molar-refractivity contribution in [2.75, 3.05) is 12.4 Å². The van der Waals surface area contributed by atoms with Crippen LogP contribution in [-0.2, 0) is 6.54 Å². The van der Waals surface area contributed by atoms with Gasteiger partial charge >= 0.3 is 0 Å². The van der Waals surface area contributed by atoms with E-state index < -0.39 is 0 Å². The summed E-state index contributed by atoms with van der Waals surface area (Å²) in [6.45, 7) is 2.76. The van der Waals surface area contributed by atoms with E-state index in [9.17, 15) is 0 Å². The van der Waals surface area contributed by atoms with E-state index in [1.807, 2.05) is 55.2 Å². The Labute approximate surface area is 175 Å². The van der Waals surface area contributed by atoms with Crippen LogP contribution in [0.1, 0.15) is 29.3 Å². The van der Waals surface area contributed by atoms with Crippen molar-refractivity contribution in [2.24, 2.45) is 0 Å². The average Bonchev–Trinajstić information content (AvgIpc) is 3.01. The van der Waals surface area contributed by atoms with Gasteiger partial charge in [0.2, 0.25) is 0 Å². The van der Waals surface area contributed by atoms with E-state index >= 15 is 0 Å². The van der Waals surface area contributed by atoms with Gasteiger partial charge in [0.1, 0.15) is 0 Å². The van der Waals surface area contributed by atoms with Gasteiger partial charge < -0.3 is 16.0 Å². The smallest absolute Gasteiger partial charge is 0.0918 e. The minimum Gasteiger partial charge on any atom is -0.393 e. The molecule has 2 heterocycles. The van der Waals surface area contributed by atoms with Crippen LogP contribution in [0.15, 0.2) is 48.7 Å². The lowest BCUT2D eigenvalue weighted by atomic mass is 9.92. The van der Waals surface area contributed by atoms with Crippen LogP contribution in [0.3, 0.4) is 0 Å². The molecular weight excluding hydrogens is 384 g/mol. The summed E-state index contributed by atoms with van der Waals surface area (Å²) in [6, 6.07) is 14.2. The maximum absolute atomic E-state index is 7.78. The molecule has 1 aliphatic heterocycles. The van der Waals surface area contributed by atoms with E-state index in [0.29, 0.717) is 5.02 Å². The first-order valence-corrected chi connectivity index (χ1v) is 9.93. The SMILES string of the molecule is CN/C=C(\C=N)c1ccc2c(c1)C(Nc1cccc(Cl)c1)CCn1nnc(C)c1-2. The number of benzene rings is 2. The molecule has 6 nitrogen and oxygen atoms in total. The van der Waals surface area contributed by atoms with Gasteiger partial charge in [0, 0.05) is 47.9 Å². The number of hydrogen-bond donors (Lipinski definition) is 3. The van der Waals surface area contributed by atoms with Crippen molar-refractivity contribution < 1.29 is 0 Å². The molecule has 0 saturated heterocycles. The molecule has 1 atom stereocenters. The molecule has 0 bridgehead atoms. The Morgan fingerprint density at radius 3 is 2.90 bits per heavy atom. The number of fused-ring (bicyclic) bond motifs is 3. The van der Waals surface area contributed by atoms with Crippen molar-refractivity contribution in [2.45, 2.75) is 25.9 Å². The van der Waals surface area contributed by atoms with Crippen LogP contribution < -0.4 is 10.6 Å². The first kappa shape index (κ1) is 19.2. The average molecular weight is 407 g/mol. The van der Waals surface area contributed by atoms with E-state index in [2.05, 4.69) is 33.1 Å². The fraction of sp³-hybridized carbons (Fsp3) is 0.227. The second kappa shape index (κ2) is 8.09. The monoisotopic (exact) mass is 406 g/mol. The number of anilines is 1. The van der Waals surface area contributed by atoms with Gasteiger partial charge in [-0.05, 0) is 48.7 Å². The highest BCUT2D eigenvalue weighted by Gasteiger charge is 2.25. The van der Waals surface area contributed by atoms with Gasteiger partial charge in [0.15, 0.2) is 0 Å². The molecule has 0 saturated carbocycles. The molecular formula is C22H23ClN6. The number of halogens is 1. The molecule has 1 aromatic heterocycles. The maximum atomic E-state index is 7.78. The van der Waals surface area contributed by atoms with Crippen LogP contribution in [0.2, 0.25) is 5.02 Å². The van der Waals surface area contributed by atoms with Crippen LogP contribution in [0, 0.1) is 12.3 Å². The first-order chi connectivity index (χ1) is 14.1. The van der Waals surface area contributed by atoms with Crippen molar-refractivity contribution >= 4 is 29.1 Å². The van der Waals surface area contributed by atoms with Gasteiger partial charge in [-0.25, -0.2) is 4.68 Å². The lowest BCUT2D eigenvalue weighted by Gasteiger charge is -2.21. The van der Waals surface area contributed by atoms with E-state index in [0.717, 1.165) is 52.3 Å². The zero-order valence-corrected chi connectivity index (χ0v) is 17.2. The van der Waals surface area contributed by atoms with Gasteiger partial charge in [-0.15, -0.1) is 5.10 Å². The van der Waals surface area contributed by atoms with E-state index in [-0.39, 0.29) is 6.04 Å². The Kier molecular flexibility index (Phi) is 5.36. The summed E-state index contributed by atoms with van der Waals surface area (Å²) in [7, 11) is 1.84. The lowest BCUT2D eigenvalue weighted by molar-refractivity contribution is 0.539. The molecule has 3 N–H and O–H groups in total. The van der Waals surface area contributed by atoms with Crippen molar-refractivity contribution in [3.05, 3.63) is 70.5 Å². The predicted octanol–water partition coefficient (Wildman–Crippen LogP) is 4.67. The van der Waals surface area contributed by atoms with Crippen molar-refractivity contribution in [3.63, 3.8) is 0 Å². The summed E-state index contributed by atoms with van der Waals surface area (Å²) < 4.78 is 1.98. The second-order valence-corrected chi connectivity index (χ2v) is 7.51. The fourth-order valence-corrected chi connectivity index (χ4v) is 4.03. The highest BCUT2D eigenvalue weighted by molar-refractivity contribution is 6.30. The lowest BCUT2D eigenvalue weighted by Crippen LogP contribution is -2.13. The Balaban J connectivity index is 1.84. The third kappa shape index (κ3) is 3.76. The molecule has 1 unspecified atom stereocenters. The Morgan fingerprint density at radius 2 is 2.14 bits per heavy atom. The van der Waals surface area contributed by atoms with E-state index in [4.69, 9.17) is 17.0 Å². The van der Waals surface area contributed by atoms with Gasteiger partial charge in [0.05, 0.1) is 17.4 Å². The van der Waals surface area contributed by atoms with Crippen molar-refractivity contribution in [1.82, 2.24) is 20.3 Å². The van der Waals surface area contributed by atoms with Crippen molar-refractivity contribution in [3.8, 4) is 11.3 Å². The quantitative estimate of drug-likeness (QED) is 0.538. The molecule has 0 aliphatic carbocycles. The minimum absolute atomic E-state index is 0.0751. The molecule has 0 spiro atoms. The number of aromatic nitrogens is 3. The zero-order chi connectivity index (χ0) is 20.4. The highest BCUT2D eigenvalue weighted by atomic mass is 35.5. The standard InChI is InChI=1S/C22H23ClN6/c1-14-22-19-7-6-15(16(12-24)13-25-2)10-20(19)21(8-9-29(22)28-27-14)26-18-5-3-4-17(23)11-18/h3-7,10-13,21,24-26H,8-9H2,1-2H3/b16-13+,24-12?. The molecule has 0 radical (unpaired) electrons. The molecule has 29 heavy (non-hydrogen) atoms. The molecule has 2 aromatic carbocycles. The number of aryl methyl sites for hydroxylation is 2. The van der Waals surface area contributed by atoms with Gasteiger partial charge in [-0.3, -0.25) is 0 Å². The largest absolute Gasteiger partial charge is 0.393 e. The number of allylic oxidation sites excluding steroid dienone is 1. The van der Waals surface area contributed by atoms with E-state index in [1.54, 1.807) is 0 Å². The molecule has 1 aliphatic rings. The third-order valence-corrected chi connectivity index (χ3v) is 5.40. The van der Waals surface area contributed by atoms with E-state index in [1.165, 1.54) is 6.21 Å². The highest BCUT2D eigenvalue weighted by Crippen LogP contribution is 2.38. The normalized spacial score (nSPS) is 15.8. The van der Waals surface area contributed by atoms with Crippen LogP contribution in [0.4, 0.5) is 5.69 Å². The predicted molar refractivity (Wildman–Crippen MR) is 118 cm³/mol. The topological polar surface area (TPSA) is 78.6 Å². The number of hydrogen-bond acceptors (Lipinski definition) is 5.